The number of imidazole rings is 1. The number of aromatic nitrogens is 4. The van der Waals surface area contributed by atoms with E-state index in [1.807, 2.05) is 6.92 Å². The van der Waals surface area contributed by atoms with E-state index in [-0.39, 0.29) is 24.5 Å². The molecule has 21 heavy (non-hydrogen) atoms. The van der Waals surface area contributed by atoms with Crippen LogP contribution in [0, 0.1) is 0 Å². The molecule has 0 aliphatic carbocycles. The van der Waals surface area contributed by atoms with E-state index in [0.717, 1.165) is 0 Å². The number of rotatable bonds is 3. The Labute approximate surface area is 119 Å². The van der Waals surface area contributed by atoms with Gasteiger partial charge < -0.3 is 20.7 Å². The van der Waals surface area contributed by atoms with Crippen LogP contribution in [0.4, 0.5) is 5.95 Å². The standard InChI is InChI=1S/C12H17N5O4/c1-2-12(4-18)6(19)3-7(21-12)17-5-14-8-9(17)15-11(13)16-10(8)20/h5-7,18-19H,2-4H2,1H3,(H3,13,15,16,20)/t6-,7?,12+/m0/s1. The summed E-state index contributed by atoms with van der Waals surface area (Å²) in [5.74, 6) is -0.0169. The molecule has 9 heteroatoms. The maximum absolute atomic E-state index is 11.8. The van der Waals surface area contributed by atoms with Gasteiger partial charge in [-0.05, 0) is 6.42 Å². The molecule has 1 aliphatic heterocycles. The number of nitrogen functional groups attached to an aromatic ring is 1. The molecule has 3 heterocycles. The number of H-pyrrole nitrogens is 1. The van der Waals surface area contributed by atoms with Crippen LogP contribution in [0.3, 0.4) is 0 Å². The van der Waals surface area contributed by atoms with Crippen molar-refractivity contribution in [2.24, 2.45) is 0 Å². The SMILES string of the molecule is CC[C@]1(CO)OC(n2cnc3c(=O)[nH]c(N)nc32)C[C@@H]1O. The van der Waals surface area contributed by atoms with Gasteiger partial charge in [-0.15, -0.1) is 0 Å². The third-order valence-electron chi connectivity index (χ3n) is 4.03. The van der Waals surface area contributed by atoms with Crippen LogP contribution < -0.4 is 11.3 Å². The van der Waals surface area contributed by atoms with Crippen LogP contribution in [-0.2, 0) is 4.74 Å². The lowest BCUT2D eigenvalue weighted by atomic mass is 9.95. The smallest absolute Gasteiger partial charge is 0.280 e. The molecule has 1 unspecified atom stereocenters. The molecular formula is C12H17N5O4. The number of hydrogen-bond donors (Lipinski definition) is 4. The Morgan fingerprint density at radius 3 is 3.05 bits per heavy atom. The molecule has 1 aliphatic rings. The molecule has 0 radical (unpaired) electrons. The van der Waals surface area contributed by atoms with Gasteiger partial charge in [-0.25, -0.2) is 4.98 Å². The maximum Gasteiger partial charge on any atom is 0.280 e. The van der Waals surface area contributed by atoms with Crippen molar-refractivity contribution in [3.8, 4) is 0 Å². The minimum Gasteiger partial charge on any atom is -0.393 e. The second kappa shape index (κ2) is 4.79. The second-order valence-corrected chi connectivity index (χ2v) is 5.18. The summed E-state index contributed by atoms with van der Waals surface area (Å²) in [6.07, 6.45) is 0.783. The lowest BCUT2D eigenvalue weighted by molar-refractivity contribution is -0.128. The molecule has 114 valence electrons. The number of aliphatic hydroxyl groups excluding tert-OH is 2. The van der Waals surface area contributed by atoms with E-state index in [2.05, 4.69) is 15.0 Å². The number of aromatic amines is 1. The van der Waals surface area contributed by atoms with Crippen molar-refractivity contribution in [2.45, 2.75) is 37.7 Å². The maximum atomic E-state index is 11.8. The molecule has 0 amide bonds. The van der Waals surface area contributed by atoms with E-state index in [1.54, 1.807) is 4.57 Å². The van der Waals surface area contributed by atoms with Gasteiger partial charge in [0, 0.05) is 6.42 Å². The monoisotopic (exact) mass is 295 g/mol. The lowest BCUT2D eigenvalue weighted by Gasteiger charge is -2.28. The van der Waals surface area contributed by atoms with Crippen molar-refractivity contribution < 1.29 is 14.9 Å². The van der Waals surface area contributed by atoms with Gasteiger partial charge in [-0.2, -0.15) is 4.98 Å². The van der Waals surface area contributed by atoms with Crippen molar-refractivity contribution in [3.05, 3.63) is 16.7 Å². The summed E-state index contributed by atoms with van der Waals surface area (Å²) in [5, 5.41) is 19.7. The van der Waals surface area contributed by atoms with Crippen LogP contribution in [0.2, 0.25) is 0 Å². The predicted molar refractivity (Wildman–Crippen MR) is 73.4 cm³/mol. The minimum absolute atomic E-state index is 0.0169. The fourth-order valence-corrected chi connectivity index (χ4v) is 2.70. The highest BCUT2D eigenvalue weighted by Crippen LogP contribution is 2.39. The number of nitrogens with two attached hydrogens (primary N) is 1. The van der Waals surface area contributed by atoms with Crippen LogP contribution >= 0.6 is 0 Å². The molecule has 0 saturated carbocycles. The topological polar surface area (TPSA) is 139 Å². The first-order valence-corrected chi connectivity index (χ1v) is 6.70. The summed E-state index contributed by atoms with van der Waals surface area (Å²) in [4.78, 5) is 22.2. The number of anilines is 1. The Kier molecular flexibility index (Phi) is 3.19. The zero-order valence-corrected chi connectivity index (χ0v) is 11.5. The molecule has 0 spiro atoms. The Morgan fingerprint density at radius 1 is 1.67 bits per heavy atom. The van der Waals surface area contributed by atoms with Crippen molar-refractivity contribution in [2.75, 3.05) is 12.3 Å². The van der Waals surface area contributed by atoms with Crippen LogP contribution in [0.25, 0.3) is 11.2 Å². The zero-order valence-electron chi connectivity index (χ0n) is 11.5. The Hall–Kier alpha value is -1.97. The van der Waals surface area contributed by atoms with E-state index in [1.165, 1.54) is 6.33 Å². The van der Waals surface area contributed by atoms with Gasteiger partial charge in [-0.3, -0.25) is 14.3 Å². The molecule has 2 aromatic heterocycles. The van der Waals surface area contributed by atoms with E-state index < -0.39 is 23.5 Å². The lowest BCUT2D eigenvalue weighted by Crippen LogP contribution is -2.42. The van der Waals surface area contributed by atoms with Gasteiger partial charge in [-0.1, -0.05) is 6.92 Å². The van der Waals surface area contributed by atoms with E-state index in [4.69, 9.17) is 10.5 Å². The first-order valence-electron chi connectivity index (χ1n) is 6.70. The number of nitrogens with zero attached hydrogens (tertiary/aromatic N) is 3. The van der Waals surface area contributed by atoms with Gasteiger partial charge in [0.05, 0.1) is 19.0 Å². The molecule has 2 aromatic rings. The highest BCUT2D eigenvalue weighted by Gasteiger charge is 2.47. The highest BCUT2D eigenvalue weighted by atomic mass is 16.6. The number of fused-ring (bicyclic) bond motifs is 1. The average molecular weight is 295 g/mol. The molecule has 0 aromatic carbocycles. The summed E-state index contributed by atoms with van der Waals surface area (Å²) in [6, 6.07) is 0. The van der Waals surface area contributed by atoms with Crippen LogP contribution in [0.1, 0.15) is 26.0 Å². The summed E-state index contributed by atoms with van der Waals surface area (Å²) in [5.41, 5.74) is 4.55. The van der Waals surface area contributed by atoms with Gasteiger partial charge >= 0.3 is 0 Å². The minimum atomic E-state index is -1.01. The van der Waals surface area contributed by atoms with Crippen LogP contribution in [0.15, 0.2) is 11.1 Å². The molecule has 3 rings (SSSR count). The molecule has 9 nitrogen and oxygen atoms in total. The fraction of sp³-hybridized carbons (Fsp3) is 0.583. The number of hydrogen-bond acceptors (Lipinski definition) is 7. The van der Waals surface area contributed by atoms with E-state index in [0.29, 0.717) is 12.1 Å². The third kappa shape index (κ3) is 2.01. The van der Waals surface area contributed by atoms with Crippen molar-refractivity contribution in [3.63, 3.8) is 0 Å². The van der Waals surface area contributed by atoms with Gasteiger partial charge in [0.25, 0.3) is 5.56 Å². The molecule has 0 bridgehead atoms. The summed E-state index contributed by atoms with van der Waals surface area (Å²) < 4.78 is 7.37. The van der Waals surface area contributed by atoms with Crippen molar-refractivity contribution in [1.29, 1.82) is 0 Å². The highest BCUT2D eigenvalue weighted by molar-refractivity contribution is 5.70. The Bertz CT molecular complexity index is 720. The van der Waals surface area contributed by atoms with Crippen molar-refractivity contribution >= 4 is 17.1 Å². The molecular weight excluding hydrogens is 278 g/mol. The quantitative estimate of drug-likeness (QED) is 0.576. The Balaban J connectivity index is 2.05. The first-order chi connectivity index (χ1) is 10.0. The van der Waals surface area contributed by atoms with E-state index >= 15 is 0 Å². The fourth-order valence-electron chi connectivity index (χ4n) is 2.70. The predicted octanol–water partition coefficient (Wildman–Crippen LogP) is -0.877. The molecule has 1 saturated heterocycles. The number of ether oxygens (including phenoxy) is 1. The normalized spacial score (nSPS) is 29.3. The van der Waals surface area contributed by atoms with Crippen molar-refractivity contribution in [1.82, 2.24) is 19.5 Å². The van der Waals surface area contributed by atoms with Gasteiger partial charge in [0.1, 0.15) is 11.8 Å². The Morgan fingerprint density at radius 2 is 2.43 bits per heavy atom. The summed E-state index contributed by atoms with van der Waals surface area (Å²) in [6.45, 7) is 1.54. The van der Waals surface area contributed by atoms with Crippen LogP contribution in [0.5, 0.6) is 0 Å². The van der Waals surface area contributed by atoms with Gasteiger partial charge in [0.2, 0.25) is 5.95 Å². The average Bonchev–Trinajstić information content (AvgIpc) is 3.00. The second-order valence-electron chi connectivity index (χ2n) is 5.18. The largest absolute Gasteiger partial charge is 0.393 e. The summed E-state index contributed by atoms with van der Waals surface area (Å²) in [7, 11) is 0. The zero-order chi connectivity index (χ0) is 15.2. The molecule has 5 N–H and O–H groups in total. The number of aliphatic hydroxyl groups is 2. The molecule has 3 atom stereocenters. The molecule has 1 fully saturated rings. The van der Waals surface area contributed by atoms with Crippen LogP contribution in [-0.4, -0.2) is 48.0 Å². The summed E-state index contributed by atoms with van der Waals surface area (Å²) >= 11 is 0. The first kappa shape index (κ1) is 14.0. The third-order valence-corrected chi connectivity index (χ3v) is 4.03. The van der Waals surface area contributed by atoms with E-state index in [9.17, 15) is 15.0 Å². The van der Waals surface area contributed by atoms with Gasteiger partial charge in [0.15, 0.2) is 11.2 Å². The number of nitrogens with one attached hydrogen (secondary N) is 1.